The fourth-order valence-electron chi connectivity index (χ4n) is 2.70. The molecule has 3 rings (SSSR count). The van der Waals surface area contributed by atoms with Gasteiger partial charge in [0.25, 0.3) is 0 Å². The average Bonchev–Trinajstić information content (AvgIpc) is 3.17. The molecule has 0 aromatic heterocycles. The Labute approximate surface area is 169 Å². The summed E-state index contributed by atoms with van der Waals surface area (Å²) in [5.41, 5.74) is 3.71. The van der Waals surface area contributed by atoms with Gasteiger partial charge in [-0.05, 0) is 53.7 Å². The third-order valence-electron chi connectivity index (χ3n) is 4.28. The molecule has 0 fully saturated rings. The minimum absolute atomic E-state index is 0.0370. The fraction of sp³-hybridized carbons (Fsp3) is 0.143. The molecule has 142 valence electrons. The van der Waals surface area contributed by atoms with E-state index in [1.54, 1.807) is 23.6 Å². The summed E-state index contributed by atoms with van der Waals surface area (Å²) in [7, 11) is -4.04. The quantitative estimate of drug-likeness (QED) is 0.522. The van der Waals surface area contributed by atoms with Crippen LogP contribution in [0.1, 0.15) is 23.6 Å². The van der Waals surface area contributed by atoms with E-state index < -0.39 is 10.1 Å². The van der Waals surface area contributed by atoms with Crippen LogP contribution in [0.15, 0.2) is 75.6 Å². The lowest BCUT2D eigenvalue weighted by Crippen LogP contribution is -2.05. The molecular weight excluding hydrogens is 392 g/mol. The largest absolute Gasteiger partial charge is 0.358 e. The highest BCUT2D eigenvalue weighted by atomic mass is 32.2. The van der Waals surface area contributed by atoms with Crippen LogP contribution in [0.2, 0.25) is 0 Å². The number of thioether (sulfide) groups is 1. The second-order valence-corrected chi connectivity index (χ2v) is 8.48. The molecular formula is C21H18N2O3S2. The topological polar surface area (TPSA) is 79.5 Å². The van der Waals surface area contributed by atoms with E-state index in [9.17, 15) is 13.7 Å². The smallest absolute Gasteiger partial charge is 0.264 e. The molecule has 0 spiro atoms. The summed E-state index contributed by atoms with van der Waals surface area (Å²) in [6.07, 6.45) is 2.55. The van der Waals surface area contributed by atoms with Crippen molar-refractivity contribution in [1.82, 2.24) is 0 Å². The van der Waals surface area contributed by atoms with Crippen LogP contribution >= 0.6 is 11.8 Å². The second-order valence-electron chi connectivity index (χ2n) is 6.06. The van der Waals surface area contributed by atoms with E-state index in [0.717, 1.165) is 23.1 Å². The molecule has 0 aliphatic carbocycles. The van der Waals surface area contributed by atoms with E-state index in [1.807, 2.05) is 38.1 Å². The highest BCUT2D eigenvalue weighted by Gasteiger charge is 2.21. The zero-order valence-corrected chi connectivity index (χ0v) is 17.0. The first kappa shape index (κ1) is 19.9. The van der Waals surface area contributed by atoms with Gasteiger partial charge in [-0.15, -0.1) is 0 Å². The molecule has 2 aromatic rings. The molecule has 0 unspecified atom stereocenters. The van der Waals surface area contributed by atoms with Crippen molar-refractivity contribution in [2.24, 2.45) is 5.16 Å². The number of oxime groups is 1. The maximum absolute atomic E-state index is 12.4. The lowest BCUT2D eigenvalue weighted by Gasteiger charge is -2.08. The highest BCUT2D eigenvalue weighted by molar-refractivity contribution is 8.17. The van der Waals surface area contributed by atoms with E-state index in [0.29, 0.717) is 16.2 Å². The van der Waals surface area contributed by atoms with Gasteiger partial charge >= 0.3 is 10.1 Å². The van der Waals surface area contributed by atoms with E-state index in [2.05, 4.69) is 11.2 Å². The number of nitriles is 1. The molecule has 1 aliphatic heterocycles. The van der Waals surface area contributed by atoms with Gasteiger partial charge in [-0.1, -0.05) is 60.2 Å². The van der Waals surface area contributed by atoms with Gasteiger partial charge in [-0.25, -0.2) is 0 Å². The van der Waals surface area contributed by atoms with Gasteiger partial charge in [0.1, 0.15) is 16.0 Å². The predicted molar refractivity (Wildman–Crippen MR) is 112 cm³/mol. The summed E-state index contributed by atoms with van der Waals surface area (Å²) in [6.45, 7) is 3.90. The first-order chi connectivity index (χ1) is 13.5. The Hall–Kier alpha value is -2.82. The molecule has 0 atom stereocenters. The number of rotatable bonds is 5. The number of hydrogen-bond acceptors (Lipinski definition) is 6. The van der Waals surface area contributed by atoms with Gasteiger partial charge in [0.05, 0.1) is 5.57 Å². The molecule has 0 radical (unpaired) electrons. The molecule has 0 saturated heterocycles. The molecule has 1 aliphatic rings. The van der Waals surface area contributed by atoms with E-state index >= 15 is 0 Å². The first-order valence-corrected chi connectivity index (χ1v) is 10.9. The van der Waals surface area contributed by atoms with Crippen LogP contribution in [-0.2, 0) is 20.8 Å². The Bertz CT molecular complexity index is 1120. The van der Waals surface area contributed by atoms with Crippen molar-refractivity contribution in [3.63, 3.8) is 0 Å². The van der Waals surface area contributed by atoms with Crippen molar-refractivity contribution in [3.8, 4) is 6.07 Å². The molecule has 0 N–H and O–H groups in total. The summed E-state index contributed by atoms with van der Waals surface area (Å²) in [5.74, 6) is 0. The van der Waals surface area contributed by atoms with Crippen LogP contribution in [0.25, 0.3) is 5.57 Å². The summed E-state index contributed by atoms with van der Waals surface area (Å²) in [5, 5.41) is 15.6. The van der Waals surface area contributed by atoms with E-state index in [1.165, 1.54) is 23.9 Å². The molecule has 28 heavy (non-hydrogen) atoms. The lowest BCUT2D eigenvalue weighted by atomic mass is 9.97. The summed E-state index contributed by atoms with van der Waals surface area (Å²) in [4.78, 5) is 0.0370. The maximum atomic E-state index is 12.4. The Balaban J connectivity index is 1.93. The minimum Gasteiger partial charge on any atom is -0.264 e. The zero-order chi connectivity index (χ0) is 20.1. The summed E-state index contributed by atoms with van der Waals surface area (Å²) >= 11 is 1.21. The van der Waals surface area contributed by atoms with Crippen LogP contribution in [0.3, 0.4) is 0 Å². The molecule has 5 nitrogen and oxygen atoms in total. The number of allylic oxidation sites excluding steroid dienone is 2. The maximum Gasteiger partial charge on any atom is 0.358 e. The molecule has 0 amide bonds. The van der Waals surface area contributed by atoms with Crippen molar-refractivity contribution < 1.29 is 12.7 Å². The van der Waals surface area contributed by atoms with Gasteiger partial charge in [-0.3, -0.25) is 4.28 Å². The SMILES string of the molecule is CCc1ccc(S(=O)(=O)O/N=C2\SC=C\C2=C(\C#N)c2ccccc2C)cc1. The Morgan fingerprint density at radius 3 is 2.54 bits per heavy atom. The van der Waals surface area contributed by atoms with Crippen molar-refractivity contribution >= 4 is 32.5 Å². The van der Waals surface area contributed by atoms with Gasteiger partial charge in [0, 0.05) is 5.57 Å². The van der Waals surface area contributed by atoms with E-state index in [4.69, 9.17) is 4.28 Å². The first-order valence-electron chi connectivity index (χ1n) is 8.61. The summed E-state index contributed by atoms with van der Waals surface area (Å²) < 4.78 is 29.8. The van der Waals surface area contributed by atoms with Crippen LogP contribution in [0.5, 0.6) is 0 Å². The van der Waals surface area contributed by atoms with Crippen molar-refractivity contribution in [3.05, 3.63) is 82.3 Å². The third kappa shape index (κ3) is 4.19. The molecule has 2 aromatic carbocycles. The number of hydrogen-bond donors (Lipinski definition) is 0. The minimum atomic E-state index is -4.04. The van der Waals surface area contributed by atoms with Gasteiger partial charge < -0.3 is 0 Å². The van der Waals surface area contributed by atoms with Gasteiger partial charge in [-0.2, -0.15) is 13.7 Å². The Morgan fingerprint density at radius 1 is 1.18 bits per heavy atom. The van der Waals surface area contributed by atoms with Gasteiger partial charge in [0.2, 0.25) is 0 Å². The van der Waals surface area contributed by atoms with Crippen LogP contribution in [-0.4, -0.2) is 13.5 Å². The van der Waals surface area contributed by atoms with Crippen molar-refractivity contribution in [2.75, 3.05) is 0 Å². The number of benzene rings is 2. The summed E-state index contributed by atoms with van der Waals surface area (Å²) in [6, 6.07) is 16.2. The Morgan fingerprint density at radius 2 is 1.89 bits per heavy atom. The monoisotopic (exact) mass is 410 g/mol. The van der Waals surface area contributed by atoms with Crippen LogP contribution in [0, 0.1) is 18.3 Å². The molecule has 7 heteroatoms. The van der Waals surface area contributed by atoms with Crippen LogP contribution < -0.4 is 0 Å². The normalized spacial score (nSPS) is 16.8. The zero-order valence-electron chi connectivity index (χ0n) is 15.4. The van der Waals surface area contributed by atoms with Crippen molar-refractivity contribution in [2.45, 2.75) is 25.2 Å². The number of aryl methyl sites for hydroxylation is 2. The fourth-order valence-corrected chi connectivity index (χ4v) is 4.18. The standard InChI is InChI=1S/C21H18N2O3S2/c1-3-16-8-10-17(11-9-16)28(24,25)26-23-21-19(12-13-27-21)20(14-22)18-7-5-4-6-15(18)2/h4-13H,3H2,1-2H3/b20-19+,23-21-. The second kappa shape index (κ2) is 8.46. The molecule has 1 heterocycles. The van der Waals surface area contributed by atoms with Gasteiger partial charge in [0.15, 0.2) is 0 Å². The highest BCUT2D eigenvalue weighted by Crippen LogP contribution is 2.32. The lowest BCUT2D eigenvalue weighted by molar-refractivity contribution is 0.340. The van der Waals surface area contributed by atoms with Crippen molar-refractivity contribution in [1.29, 1.82) is 5.26 Å². The van der Waals surface area contributed by atoms with Crippen LogP contribution in [0.4, 0.5) is 0 Å². The molecule has 0 saturated carbocycles. The Kier molecular flexibility index (Phi) is 6.02. The predicted octanol–water partition coefficient (Wildman–Crippen LogP) is 4.81. The average molecular weight is 411 g/mol. The van der Waals surface area contributed by atoms with E-state index in [-0.39, 0.29) is 4.90 Å². The third-order valence-corrected chi connectivity index (χ3v) is 6.19. The molecule has 0 bridgehead atoms. The number of nitrogens with zero attached hydrogens (tertiary/aromatic N) is 2.